The number of primary amides is 1. The first-order chi connectivity index (χ1) is 7.65. The van der Waals surface area contributed by atoms with E-state index in [1.165, 1.54) is 5.56 Å². The Morgan fingerprint density at radius 2 is 2.25 bits per heavy atom. The Morgan fingerprint density at radius 1 is 1.50 bits per heavy atom. The van der Waals surface area contributed by atoms with Gasteiger partial charge in [0, 0.05) is 17.1 Å². The maximum Gasteiger partial charge on any atom is 0.225 e. The molecule has 0 radical (unpaired) electrons. The summed E-state index contributed by atoms with van der Waals surface area (Å²) in [5, 5.41) is 1.13. The van der Waals surface area contributed by atoms with Gasteiger partial charge in [-0.25, -0.2) is 0 Å². The topological polar surface area (TPSA) is 58.9 Å². The van der Waals surface area contributed by atoms with E-state index in [0.717, 1.165) is 22.9 Å². The molecule has 0 saturated carbocycles. The standard InChI is InChI=1S/C13H16N2O/c1-3-9(13(14)16)10-7-15-11-6-4-5-8(2)12(10)11/h4-7,9,15H,3H2,1-2H3,(H2,14,16). The number of aromatic nitrogens is 1. The Labute approximate surface area is 94.6 Å². The molecule has 0 aliphatic heterocycles. The van der Waals surface area contributed by atoms with Crippen LogP contribution in [0.1, 0.15) is 30.4 Å². The third kappa shape index (κ3) is 1.58. The molecule has 0 saturated heterocycles. The predicted molar refractivity (Wildman–Crippen MR) is 65.3 cm³/mol. The van der Waals surface area contributed by atoms with E-state index in [2.05, 4.69) is 4.98 Å². The van der Waals surface area contributed by atoms with Crippen LogP contribution in [0.15, 0.2) is 24.4 Å². The second kappa shape index (κ2) is 4.00. The zero-order valence-electron chi connectivity index (χ0n) is 9.58. The molecule has 1 aromatic carbocycles. The van der Waals surface area contributed by atoms with Gasteiger partial charge < -0.3 is 10.7 Å². The molecule has 1 heterocycles. The quantitative estimate of drug-likeness (QED) is 0.813. The Hall–Kier alpha value is -1.77. The molecule has 0 bridgehead atoms. The van der Waals surface area contributed by atoms with E-state index in [9.17, 15) is 4.79 Å². The monoisotopic (exact) mass is 216 g/mol. The number of carbonyl (C=O) groups is 1. The number of hydrogen-bond acceptors (Lipinski definition) is 1. The van der Waals surface area contributed by atoms with E-state index in [1.54, 1.807) is 0 Å². The summed E-state index contributed by atoms with van der Waals surface area (Å²) in [6, 6.07) is 6.07. The highest BCUT2D eigenvalue weighted by molar-refractivity contribution is 5.93. The first-order valence-corrected chi connectivity index (χ1v) is 5.51. The lowest BCUT2D eigenvalue weighted by molar-refractivity contribution is -0.119. The van der Waals surface area contributed by atoms with Crippen molar-refractivity contribution < 1.29 is 4.79 Å². The number of carbonyl (C=O) groups excluding carboxylic acids is 1. The number of hydrogen-bond donors (Lipinski definition) is 2. The van der Waals surface area contributed by atoms with Gasteiger partial charge in [-0.1, -0.05) is 19.1 Å². The Kier molecular flexibility index (Phi) is 2.69. The number of fused-ring (bicyclic) bond motifs is 1. The molecular formula is C13H16N2O. The van der Waals surface area contributed by atoms with Crippen molar-refractivity contribution in [2.75, 3.05) is 0 Å². The van der Waals surface area contributed by atoms with Gasteiger partial charge in [0.05, 0.1) is 5.92 Å². The molecule has 1 atom stereocenters. The second-order valence-corrected chi connectivity index (χ2v) is 4.10. The van der Waals surface area contributed by atoms with Gasteiger partial charge in [-0.05, 0) is 30.5 Å². The van der Waals surface area contributed by atoms with Crippen molar-refractivity contribution in [3.05, 3.63) is 35.5 Å². The number of aromatic amines is 1. The van der Waals surface area contributed by atoms with Crippen LogP contribution >= 0.6 is 0 Å². The van der Waals surface area contributed by atoms with Crippen LogP contribution in [0.3, 0.4) is 0 Å². The average molecular weight is 216 g/mol. The Morgan fingerprint density at radius 3 is 2.88 bits per heavy atom. The van der Waals surface area contributed by atoms with Crippen LogP contribution in [0.25, 0.3) is 10.9 Å². The summed E-state index contributed by atoms with van der Waals surface area (Å²) in [4.78, 5) is 14.6. The molecule has 0 aliphatic rings. The molecular weight excluding hydrogens is 200 g/mol. The number of aryl methyl sites for hydroxylation is 1. The highest BCUT2D eigenvalue weighted by Gasteiger charge is 2.19. The lowest BCUT2D eigenvalue weighted by Gasteiger charge is -2.10. The van der Waals surface area contributed by atoms with Gasteiger partial charge in [0.2, 0.25) is 5.91 Å². The summed E-state index contributed by atoms with van der Waals surface area (Å²) in [5.41, 5.74) is 8.68. The van der Waals surface area contributed by atoms with Crippen molar-refractivity contribution in [1.82, 2.24) is 4.98 Å². The smallest absolute Gasteiger partial charge is 0.225 e. The van der Waals surface area contributed by atoms with E-state index in [4.69, 9.17) is 5.73 Å². The fourth-order valence-corrected chi connectivity index (χ4v) is 2.25. The van der Waals surface area contributed by atoms with Crippen LogP contribution in [0, 0.1) is 6.92 Å². The molecule has 1 aromatic heterocycles. The van der Waals surface area contributed by atoms with Gasteiger partial charge >= 0.3 is 0 Å². The molecule has 0 fully saturated rings. The van der Waals surface area contributed by atoms with Crippen LogP contribution < -0.4 is 5.73 Å². The summed E-state index contributed by atoms with van der Waals surface area (Å²) >= 11 is 0. The summed E-state index contributed by atoms with van der Waals surface area (Å²) in [6.07, 6.45) is 2.63. The molecule has 1 unspecified atom stereocenters. The van der Waals surface area contributed by atoms with Crippen LogP contribution in [0.2, 0.25) is 0 Å². The first-order valence-electron chi connectivity index (χ1n) is 5.51. The predicted octanol–water partition coefficient (Wildman–Crippen LogP) is 2.46. The maximum atomic E-state index is 11.4. The van der Waals surface area contributed by atoms with E-state index in [-0.39, 0.29) is 11.8 Å². The van der Waals surface area contributed by atoms with Crippen molar-refractivity contribution >= 4 is 16.8 Å². The Bertz CT molecular complexity index is 528. The van der Waals surface area contributed by atoms with Gasteiger partial charge in [-0.15, -0.1) is 0 Å². The molecule has 3 nitrogen and oxygen atoms in total. The zero-order chi connectivity index (χ0) is 11.7. The minimum Gasteiger partial charge on any atom is -0.369 e. The first kappa shape index (κ1) is 10.7. The number of nitrogens with one attached hydrogen (secondary N) is 1. The number of rotatable bonds is 3. The van der Waals surface area contributed by atoms with Crippen LogP contribution in [-0.2, 0) is 4.79 Å². The van der Waals surface area contributed by atoms with Gasteiger partial charge in [0.1, 0.15) is 0 Å². The van der Waals surface area contributed by atoms with Gasteiger partial charge in [0.15, 0.2) is 0 Å². The molecule has 2 rings (SSSR count). The molecule has 2 aromatic rings. The average Bonchev–Trinajstić information content (AvgIpc) is 2.64. The molecule has 0 aliphatic carbocycles. The minimum absolute atomic E-state index is 0.199. The van der Waals surface area contributed by atoms with Crippen LogP contribution in [0.4, 0.5) is 0 Å². The summed E-state index contributed by atoms with van der Waals surface area (Å²) < 4.78 is 0. The molecule has 84 valence electrons. The van der Waals surface area contributed by atoms with Gasteiger partial charge in [-0.2, -0.15) is 0 Å². The van der Waals surface area contributed by atoms with Crippen molar-refractivity contribution in [1.29, 1.82) is 0 Å². The normalized spacial score (nSPS) is 12.9. The third-order valence-electron chi connectivity index (χ3n) is 3.07. The molecule has 0 spiro atoms. The highest BCUT2D eigenvalue weighted by atomic mass is 16.1. The summed E-state index contributed by atoms with van der Waals surface area (Å²) in [5.74, 6) is -0.457. The summed E-state index contributed by atoms with van der Waals surface area (Å²) in [7, 11) is 0. The molecule has 16 heavy (non-hydrogen) atoms. The fourth-order valence-electron chi connectivity index (χ4n) is 2.25. The lowest BCUT2D eigenvalue weighted by atomic mass is 9.94. The van der Waals surface area contributed by atoms with Gasteiger partial charge in [-0.3, -0.25) is 4.79 Å². The molecule has 3 N–H and O–H groups in total. The molecule has 3 heteroatoms. The number of H-pyrrole nitrogens is 1. The van der Waals surface area contributed by atoms with Crippen LogP contribution in [0.5, 0.6) is 0 Å². The summed E-state index contributed by atoms with van der Waals surface area (Å²) in [6.45, 7) is 4.03. The Balaban J connectivity index is 2.65. The van der Waals surface area contributed by atoms with E-state index in [1.807, 2.05) is 38.2 Å². The van der Waals surface area contributed by atoms with Crippen molar-refractivity contribution in [3.63, 3.8) is 0 Å². The van der Waals surface area contributed by atoms with Crippen molar-refractivity contribution in [2.24, 2.45) is 5.73 Å². The second-order valence-electron chi connectivity index (χ2n) is 4.10. The van der Waals surface area contributed by atoms with Crippen LogP contribution in [-0.4, -0.2) is 10.9 Å². The van der Waals surface area contributed by atoms with Gasteiger partial charge in [0.25, 0.3) is 0 Å². The third-order valence-corrected chi connectivity index (χ3v) is 3.07. The molecule has 1 amide bonds. The van der Waals surface area contributed by atoms with Crippen molar-refractivity contribution in [2.45, 2.75) is 26.2 Å². The maximum absolute atomic E-state index is 11.4. The minimum atomic E-state index is -0.258. The van der Waals surface area contributed by atoms with Crippen molar-refractivity contribution in [3.8, 4) is 0 Å². The largest absolute Gasteiger partial charge is 0.369 e. The number of amides is 1. The number of benzene rings is 1. The van der Waals surface area contributed by atoms with E-state index < -0.39 is 0 Å². The zero-order valence-corrected chi connectivity index (χ0v) is 9.58. The number of nitrogens with two attached hydrogens (primary N) is 1. The SMILES string of the molecule is CCC(C(N)=O)c1c[nH]c2cccc(C)c12. The van der Waals surface area contributed by atoms with E-state index in [0.29, 0.717) is 0 Å². The fraction of sp³-hybridized carbons (Fsp3) is 0.308. The lowest BCUT2D eigenvalue weighted by Crippen LogP contribution is -2.20. The van der Waals surface area contributed by atoms with E-state index >= 15 is 0 Å². The highest BCUT2D eigenvalue weighted by Crippen LogP contribution is 2.29.